The average Bonchev–Trinajstić information content (AvgIpc) is 2.20. The fourth-order valence-electron chi connectivity index (χ4n) is 1.32. The highest BCUT2D eigenvalue weighted by atomic mass is 16.6. The summed E-state index contributed by atoms with van der Waals surface area (Å²) in [7, 11) is 0. The van der Waals surface area contributed by atoms with Crippen molar-refractivity contribution in [2.45, 2.75) is 26.3 Å². The summed E-state index contributed by atoms with van der Waals surface area (Å²) in [4.78, 5) is 5.06. The van der Waals surface area contributed by atoms with Crippen LogP contribution >= 0.6 is 0 Å². The van der Waals surface area contributed by atoms with Crippen LogP contribution in [0.5, 0.6) is 11.5 Å². The van der Waals surface area contributed by atoms with Gasteiger partial charge in [-0.2, -0.15) is 5.48 Å². The highest BCUT2D eigenvalue weighted by Crippen LogP contribution is 2.25. The van der Waals surface area contributed by atoms with Crippen molar-refractivity contribution >= 4 is 0 Å². The van der Waals surface area contributed by atoms with Gasteiger partial charge in [0.2, 0.25) is 0 Å². The molecule has 0 radical (unpaired) electrons. The van der Waals surface area contributed by atoms with E-state index in [2.05, 4.69) is 5.48 Å². The van der Waals surface area contributed by atoms with E-state index in [1.165, 1.54) is 6.07 Å². The van der Waals surface area contributed by atoms with Crippen LogP contribution in [0, 0.1) is 0 Å². The lowest BCUT2D eigenvalue weighted by molar-refractivity contribution is 0.0290. The van der Waals surface area contributed by atoms with Crippen molar-refractivity contribution in [1.29, 1.82) is 0 Å². The summed E-state index contributed by atoms with van der Waals surface area (Å²) in [6.07, 6.45) is 0.730. The number of phenols is 2. The van der Waals surface area contributed by atoms with Crippen LogP contribution in [0.3, 0.4) is 0 Å². The zero-order valence-corrected chi connectivity index (χ0v) is 9.03. The third-order valence-corrected chi connectivity index (χ3v) is 2.01. The number of hydrogen-bond donors (Lipinski definition) is 3. The van der Waals surface area contributed by atoms with Gasteiger partial charge in [-0.25, -0.2) is 0 Å². The van der Waals surface area contributed by atoms with Crippen molar-refractivity contribution in [3.63, 3.8) is 0 Å². The van der Waals surface area contributed by atoms with Crippen molar-refractivity contribution in [2.24, 2.45) is 0 Å². The molecule has 1 atom stereocenters. The van der Waals surface area contributed by atoms with E-state index in [1.807, 2.05) is 13.8 Å². The van der Waals surface area contributed by atoms with Crippen molar-refractivity contribution in [3.05, 3.63) is 23.8 Å². The maximum atomic E-state index is 9.29. The second-order valence-electron chi connectivity index (χ2n) is 3.48. The number of rotatable bonds is 5. The molecule has 0 aliphatic rings. The predicted octanol–water partition coefficient (Wildman–Crippen LogP) is 1.57. The van der Waals surface area contributed by atoms with Crippen LogP contribution in [-0.4, -0.2) is 22.9 Å². The number of aromatic hydroxyl groups is 2. The largest absolute Gasteiger partial charge is 0.504 e. The Hall–Kier alpha value is -1.26. The molecule has 0 amide bonds. The van der Waals surface area contributed by atoms with Crippen molar-refractivity contribution in [3.8, 4) is 11.5 Å². The Kier molecular flexibility index (Phi) is 4.39. The molecule has 0 bridgehead atoms. The Morgan fingerprint density at radius 2 is 2.07 bits per heavy atom. The number of phenolic OH excluding ortho intramolecular Hbond substituents is 2. The Morgan fingerprint density at radius 3 is 2.67 bits per heavy atom. The number of hydroxylamine groups is 1. The van der Waals surface area contributed by atoms with Crippen LogP contribution < -0.4 is 5.48 Å². The molecule has 1 rings (SSSR count). The minimum absolute atomic E-state index is 0.0869. The zero-order chi connectivity index (χ0) is 11.3. The molecule has 15 heavy (non-hydrogen) atoms. The van der Waals surface area contributed by atoms with Gasteiger partial charge in [-0.1, -0.05) is 6.07 Å². The fourth-order valence-corrected chi connectivity index (χ4v) is 1.32. The van der Waals surface area contributed by atoms with Crippen molar-refractivity contribution in [1.82, 2.24) is 5.48 Å². The van der Waals surface area contributed by atoms with Gasteiger partial charge in [0.1, 0.15) is 0 Å². The summed E-state index contributed by atoms with van der Waals surface area (Å²) < 4.78 is 0. The molecule has 0 spiro atoms. The first kappa shape index (κ1) is 11.8. The molecule has 0 fully saturated rings. The Balaban J connectivity index is 2.53. The average molecular weight is 211 g/mol. The maximum Gasteiger partial charge on any atom is 0.157 e. The molecule has 4 nitrogen and oxygen atoms in total. The van der Waals surface area contributed by atoms with Crippen molar-refractivity contribution < 1.29 is 15.1 Å². The lowest BCUT2D eigenvalue weighted by Crippen LogP contribution is -2.28. The van der Waals surface area contributed by atoms with Crippen LogP contribution in [0.25, 0.3) is 0 Å². The van der Waals surface area contributed by atoms with Gasteiger partial charge in [0, 0.05) is 6.04 Å². The molecule has 3 N–H and O–H groups in total. The van der Waals surface area contributed by atoms with E-state index in [-0.39, 0.29) is 17.5 Å². The first-order valence-electron chi connectivity index (χ1n) is 5.01. The Morgan fingerprint density at radius 1 is 1.33 bits per heavy atom. The highest BCUT2D eigenvalue weighted by Gasteiger charge is 2.05. The third-order valence-electron chi connectivity index (χ3n) is 2.01. The normalized spacial score (nSPS) is 12.7. The van der Waals surface area contributed by atoms with Crippen LogP contribution in [0.15, 0.2) is 18.2 Å². The SMILES string of the molecule is CCONC(C)Cc1ccc(O)c(O)c1. The highest BCUT2D eigenvalue weighted by molar-refractivity contribution is 5.40. The van der Waals surface area contributed by atoms with Gasteiger partial charge >= 0.3 is 0 Å². The van der Waals surface area contributed by atoms with Gasteiger partial charge in [0.05, 0.1) is 6.61 Å². The van der Waals surface area contributed by atoms with E-state index in [4.69, 9.17) is 9.94 Å². The quantitative estimate of drug-likeness (QED) is 0.511. The molecular weight excluding hydrogens is 194 g/mol. The standard InChI is InChI=1S/C11H17NO3/c1-3-15-12-8(2)6-9-4-5-10(13)11(14)7-9/h4-5,7-8,12-14H,3,6H2,1-2H3. The summed E-state index contributed by atoms with van der Waals surface area (Å²) in [6, 6.07) is 4.98. The summed E-state index contributed by atoms with van der Waals surface area (Å²) in [5.74, 6) is -0.180. The van der Waals surface area contributed by atoms with Crippen LogP contribution in [-0.2, 0) is 11.3 Å². The summed E-state index contributed by atoms with van der Waals surface area (Å²) in [5.41, 5.74) is 3.82. The monoisotopic (exact) mass is 211 g/mol. The van der Waals surface area contributed by atoms with Crippen molar-refractivity contribution in [2.75, 3.05) is 6.61 Å². The molecule has 0 aromatic heterocycles. The lowest BCUT2D eigenvalue weighted by atomic mass is 10.1. The lowest BCUT2D eigenvalue weighted by Gasteiger charge is -2.13. The molecule has 84 valence electrons. The van der Waals surface area contributed by atoms with Crippen LogP contribution in [0.1, 0.15) is 19.4 Å². The predicted molar refractivity (Wildman–Crippen MR) is 57.7 cm³/mol. The van der Waals surface area contributed by atoms with Gasteiger partial charge in [0.15, 0.2) is 11.5 Å². The number of benzene rings is 1. The second-order valence-corrected chi connectivity index (χ2v) is 3.48. The molecule has 0 aliphatic heterocycles. The molecule has 4 heteroatoms. The molecule has 1 aromatic carbocycles. The second kappa shape index (κ2) is 5.58. The number of nitrogens with one attached hydrogen (secondary N) is 1. The molecule has 1 aromatic rings. The van der Waals surface area contributed by atoms with E-state index < -0.39 is 0 Å². The maximum absolute atomic E-state index is 9.29. The topological polar surface area (TPSA) is 61.7 Å². The third kappa shape index (κ3) is 3.77. The van der Waals surface area contributed by atoms with Gasteiger partial charge in [-0.15, -0.1) is 0 Å². The minimum atomic E-state index is -0.0934. The Labute approximate surface area is 89.5 Å². The molecule has 0 saturated carbocycles. The number of hydrogen-bond acceptors (Lipinski definition) is 4. The van der Waals surface area contributed by atoms with E-state index in [9.17, 15) is 5.11 Å². The summed E-state index contributed by atoms with van der Waals surface area (Å²) in [6.45, 7) is 4.51. The van der Waals surface area contributed by atoms with E-state index >= 15 is 0 Å². The van der Waals surface area contributed by atoms with E-state index in [0.29, 0.717) is 6.61 Å². The molecular formula is C11H17NO3. The first-order chi connectivity index (χ1) is 7.13. The molecule has 0 heterocycles. The zero-order valence-electron chi connectivity index (χ0n) is 9.03. The molecule has 0 saturated heterocycles. The summed E-state index contributed by atoms with van der Waals surface area (Å²) >= 11 is 0. The summed E-state index contributed by atoms with van der Waals surface area (Å²) in [5, 5.41) is 18.4. The van der Waals surface area contributed by atoms with Crippen LogP contribution in [0.4, 0.5) is 0 Å². The van der Waals surface area contributed by atoms with Gasteiger partial charge in [0.25, 0.3) is 0 Å². The molecule has 0 aliphatic carbocycles. The Bertz CT molecular complexity index is 315. The van der Waals surface area contributed by atoms with Gasteiger partial charge < -0.3 is 15.1 Å². The van der Waals surface area contributed by atoms with Gasteiger partial charge in [-0.05, 0) is 38.0 Å². The van der Waals surface area contributed by atoms with Crippen LogP contribution in [0.2, 0.25) is 0 Å². The van der Waals surface area contributed by atoms with E-state index in [1.54, 1.807) is 12.1 Å². The van der Waals surface area contributed by atoms with E-state index in [0.717, 1.165) is 12.0 Å². The first-order valence-corrected chi connectivity index (χ1v) is 5.01. The minimum Gasteiger partial charge on any atom is -0.504 e. The van der Waals surface area contributed by atoms with Gasteiger partial charge in [-0.3, -0.25) is 0 Å². The fraction of sp³-hybridized carbons (Fsp3) is 0.455. The smallest absolute Gasteiger partial charge is 0.157 e. The molecule has 1 unspecified atom stereocenters.